The largest absolute Gasteiger partial charge is 0.344 e. The van der Waals surface area contributed by atoms with Gasteiger partial charge < -0.3 is 6.15 Å². The second kappa shape index (κ2) is 3.71. The molecule has 0 aliphatic carbocycles. The van der Waals surface area contributed by atoms with Crippen molar-refractivity contribution < 1.29 is 0 Å². The second-order valence-corrected chi connectivity index (χ2v) is 1.51. The Morgan fingerprint density at radius 1 is 1.11 bits per heavy atom. The number of hydrogen-bond acceptors (Lipinski definition) is 1. The molecule has 0 bridgehead atoms. The zero-order chi connectivity index (χ0) is 5.82. The van der Waals surface area contributed by atoms with Crippen LogP contribution in [-0.4, -0.2) is 0 Å². The molecule has 0 saturated heterocycles. The highest BCUT2D eigenvalue weighted by Gasteiger charge is 1.76. The molecule has 0 heterocycles. The van der Waals surface area contributed by atoms with Crippen LogP contribution in [0.4, 0.5) is 0 Å². The van der Waals surface area contributed by atoms with Crippen LogP contribution in [0.5, 0.6) is 0 Å². The lowest BCUT2D eigenvalue weighted by atomic mass is 10.2. The fourth-order valence-corrected chi connectivity index (χ4v) is 0.534. The van der Waals surface area contributed by atoms with Crippen LogP contribution in [0.15, 0.2) is 30.3 Å². The topological polar surface area (TPSA) is 35.0 Å². The van der Waals surface area contributed by atoms with Gasteiger partial charge in [0.05, 0.1) is 0 Å². The van der Waals surface area contributed by atoms with E-state index in [1.54, 1.807) is 0 Å². The van der Waals surface area contributed by atoms with Crippen molar-refractivity contribution in [1.82, 2.24) is 6.15 Å². The summed E-state index contributed by atoms with van der Waals surface area (Å²) in [5.41, 5.74) is 0.938. The van der Waals surface area contributed by atoms with Gasteiger partial charge in [-0.3, -0.25) is 0 Å². The molecule has 0 spiro atoms. The average molecular weight is 119 g/mol. The SMILES string of the molecule is C#Cc1ccccc1.N. The van der Waals surface area contributed by atoms with Gasteiger partial charge in [-0.2, -0.15) is 0 Å². The van der Waals surface area contributed by atoms with Crippen LogP contribution < -0.4 is 6.15 Å². The van der Waals surface area contributed by atoms with Gasteiger partial charge in [0.15, 0.2) is 0 Å². The maximum atomic E-state index is 5.10. The zero-order valence-corrected chi connectivity index (χ0v) is 5.17. The van der Waals surface area contributed by atoms with Gasteiger partial charge >= 0.3 is 0 Å². The van der Waals surface area contributed by atoms with Crippen molar-refractivity contribution in [3.05, 3.63) is 35.9 Å². The zero-order valence-electron chi connectivity index (χ0n) is 5.17. The summed E-state index contributed by atoms with van der Waals surface area (Å²) in [5.74, 6) is 2.53. The first-order chi connectivity index (χ1) is 3.93. The Hall–Kier alpha value is -1.26. The Kier molecular flexibility index (Phi) is 3.19. The molecule has 1 nitrogen and oxygen atoms in total. The van der Waals surface area contributed by atoms with Crippen LogP contribution in [-0.2, 0) is 0 Å². The number of rotatable bonds is 0. The van der Waals surface area contributed by atoms with Gasteiger partial charge in [-0.05, 0) is 12.1 Å². The third kappa shape index (κ3) is 1.98. The molecule has 1 aromatic carbocycles. The minimum Gasteiger partial charge on any atom is -0.344 e. The molecule has 0 unspecified atom stereocenters. The highest BCUT2D eigenvalue weighted by Crippen LogP contribution is 1.92. The van der Waals surface area contributed by atoms with Gasteiger partial charge in [0, 0.05) is 5.56 Å². The molecule has 0 fully saturated rings. The van der Waals surface area contributed by atoms with Gasteiger partial charge in [-0.25, -0.2) is 0 Å². The summed E-state index contributed by atoms with van der Waals surface area (Å²) in [6.45, 7) is 0. The number of benzene rings is 1. The molecule has 1 aromatic rings. The number of hydrogen-bond donors (Lipinski definition) is 1. The Labute approximate surface area is 55.3 Å². The van der Waals surface area contributed by atoms with Crippen molar-refractivity contribution in [3.63, 3.8) is 0 Å². The van der Waals surface area contributed by atoms with Gasteiger partial charge in [0.2, 0.25) is 0 Å². The molecule has 0 aliphatic heterocycles. The molecular formula is C8H9N. The van der Waals surface area contributed by atoms with Crippen molar-refractivity contribution in [3.8, 4) is 12.3 Å². The Morgan fingerprint density at radius 3 is 2.00 bits per heavy atom. The maximum absolute atomic E-state index is 5.10. The Bertz CT molecular complexity index is 196. The Balaban J connectivity index is 0.000000640. The van der Waals surface area contributed by atoms with Crippen molar-refractivity contribution in [2.45, 2.75) is 0 Å². The summed E-state index contributed by atoms with van der Waals surface area (Å²) in [6.07, 6.45) is 5.10. The molecule has 0 amide bonds. The van der Waals surface area contributed by atoms with Gasteiger partial charge in [-0.15, -0.1) is 6.42 Å². The van der Waals surface area contributed by atoms with Crippen molar-refractivity contribution in [1.29, 1.82) is 0 Å². The lowest BCUT2D eigenvalue weighted by Crippen LogP contribution is -1.66. The lowest BCUT2D eigenvalue weighted by molar-refractivity contribution is 1.65. The van der Waals surface area contributed by atoms with E-state index in [0.717, 1.165) is 5.56 Å². The van der Waals surface area contributed by atoms with Gasteiger partial charge in [0.1, 0.15) is 0 Å². The monoisotopic (exact) mass is 119 g/mol. The highest BCUT2D eigenvalue weighted by atomic mass is 14.0. The predicted octanol–water partition coefficient (Wildman–Crippen LogP) is 1.83. The van der Waals surface area contributed by atoms with E-state index in [-0.39, 0.29) is 6.15 Å². The molecule has 46 valence electrons. The second-order valence-electron chi connectivity index (χ2n) is 1.51. The molecule has 0 radical (unpaired) electrons. The lowest BCUT2D eigenvalue weighted by Gasteiger charge is -1.82. The summed E-state index contributed by atoms with van der Waals surface area (Å²) < 4.78 is 0. The molecule has 0 aromatic heterocycles. The Morgan fingerprint density at radius 2 is 1.67 bits per heavy atom. The van der Waals surface area contributed by atoms with Crippen LogP contribution in [0.2, 0.25) is 0 Å². The minimum absolute atomic E-state index is 0. The molecule has 1 rings (SSSR count). The van der Waals surface area contributed by atoms with E-state index in [1.165, 1.54) is 0 Å². The fourth-order valence-electron chi connectivity index (χ4n) is 0.534. The van der Waals surface area contributed by atoms with Gasteiger partial charge in [-0.1, -0.05) is 24.1 Å². The summed E-state index contributed by atoms with van der Waals surface area (Å²) in [7, 11) is 0. The van der Waals surface area contributed by atoms with Crippen molar-refractivity contribution >= 4 is 0 Å². The van der Waals surface area contributed by atoms with Crippen LogP contribution in [0.1, 0.15) is 5.56 Å². The average Bonchev–Trinajstić information content (AvgIpc) is 1.90. The maximum Gasteiger partial charge on any atom is 0.0242 e. The molecule has 9 heavy (non-hydrogen) atoms. The fraction of sp³-hybridized carbons (Fsp3) is 0. The van der Waals surface area contributed by atoms with Crippen LogP contribution in [0, 0.1) is 12.3 Å². The number of terminal acetylenes is 1. The van der Waals surface area contributed by atoms with E-state index in [2.05, 4.69) is 5.92 Å². The van der Waals surface area contributed by atoms with E-state index in [1.807, 2.05) is 30.3 Å². The van der Waals surface area contributed by atoms with Gasteiger partial charge in [0.25, 0.3) is 0 Å². The standard InChI is InChI=1S/C8H6.H3N/c1-2-8-6-4-3-5-7-8;/h1,3-7H;1H3. The van der Waals surface area contributed by atoms with Crippen molar-refractivity contribution in [2.75, 3.05) is 0 Å². The third-order valence-corrected chi connectivity index (χ3v) is 0.940. The molecule has 1 heteroatoms. The van der Waals surface area contributed by atoms with E-state index >= 15 is 0 Å². The quantitative estimate of drug-likeness (QED) is 0.519. The molecule has 3 N–H and O–H groups in total. The van der Waals surface area contributed by atoms with Crippen LogP contribution in [0.25, 0.3) is 0 Å². The predicted molar refractivity (Wildman–Crippen MR) is 39.4 cm³/mol. The first kappa shape index (κ1) is 7.74. The summed E-state index contributed by atoms with van der Waals surface area (Å²) >= 11 is 0. The van der Waals surface area contributed by atoms with Crippen LogP contribution in [0.3, 0.4) is 0 Å². The third-order valence-electron chi connectivity index (χ3n) is 0.940. The van der Waals surface area contributed by atoms with E-state index in [0.29, 0.717) is 0 Å². The van der Waals surface area contributed by atoms with E-state index in [4.69, 9.17) is 6.42 Å². The molecular weight excluding hydrogens is 110 g/mol. The molecule has 0 atom stereocenters. The minimum atomic E-state index is 0. The molecule has 0 aliphatic rings. The summed E-state index contributed by atoms with van der Waals surface area (Å²) in [4.78, 5) is 0. The first-order valence-corrected chi connectivity index (χ1v) is 2.45. The molecule has 0 saturated carbocycles. The van der Waals surface area contributed by atoms with Crippen LogP contribution >= 0.6 is 0 Å². The van der Waals surface area contributed by atoms with E-state index in [9.17, 15) is 0 Å². The summed E-state index contributed by atoms with van der Waals surface area (Å²) in [6, 6.07) is 9.60. The first-order valence-electron chi connectivity index (χ1n) is 2.45. The normalized spacial score (nSPS) is 7.00. The summed E-state index contributed by atoms with van der Waals surface area (Å²) in [5, 5.41) is 0. The van der Waals surface area contributed by atoms with E-state index < -0.39 is 0 Å². The highest BCUT2D eigenvalue weighted by molar-refractivity contribution is 5.30. The smallest absolute Gasteiger partial charge is 0.0242 e. The van der Waals surface area contributed by atoms with Crippen molar-refractivity contribution in [2.24, 2.45) is 0 Å².